The van der Waals surface area contributed by atoms with Gasteiger partial charge in [0, 0.05) is 5.56 Å². The molecule has 0 unspecified atom stereocenters. The van der Waals surface area contributed by atoms with Crippen molar-refractivity contribution in [2.24, 2.45) is 0 Å². The summed E-state index contributed by atoms with van der Waals surface area (Å²) in [4.78, 5) is 29.5. The molecule has 110 valence electrons. The maximum absolute atomic E-state index is 12.4. The summed E-state index contributed by atoms with van der Waals surface area (Å²) in [6.45, 7) is 0.0996. The summed E-state index contributed by atoms with van der Waals surface area (Å²) in [6.07, 6.45) is 1.41. The first-order valence-corrected chi connectivity index (χ1v) is 7.46. The van der Waals surface area contributed by atoms with E-state index in [4.69, 9.17) is 9.47 Å². The van der Waals surface area contributed by atoms with Crippen LogP contribution in [-0.4, -0.2) is 22.1 Å². The third kappa shape index (κ3) is 2.06. The number of hydrogen-bond acceptors (Lipinski definition) is 6. The number of carbonyl (C=O) groups is 1. The molecular weight excluding hydrogens is 304 g/mol. The summed E-state index contributed by atoms with van der Waals surface area (Å²) in [5, 5.41) is 2.34. The molecule has 1 aliphatic heterocycles. The highest BCUT2D eigenvalue weighted by Gasteiger charge is 2.17. The van der Waals surface area contributed by atoms with Crippen molar-refractivity contribution in [2.75, 3.05) is 6.79 Å². The van der Waals surface area contributed by atoms with Gasteiger partial charge >= 0.3 is 0 Å². The first-order chi connectivity index (χ1) is 10.7. The van der Waals surface area contributed by atoms with Crippen molar-refractivity contribution < 1.29 is 14.3 Å². The van der Waals surface area contributed by atoms with Gasteiger partial charge in [-0.2, -0.15) is 0 Å². The molecule has 6 nitrogen and oxygen atoms in total. The molecule has 0 fully saturated rings. The van der Waals surface area contributed by atoms with Crippen molar-refractivity contribution in [1.82, 2.24) is 9.55 Å². The molecule has 0 amide bonds. The lowest BCUT2D eigenvalue weighted by Crippen LogP contribution is -2.24. The number of thiophene rings is 1. The van der Waals surface area contributed by atoms with Crippen LogP contribution in [0.1, 0.15) is 10.4 Å². The highest BCUT2D eigenvalue weighted by Crippen LogP contribution is 2.32. The molecule has 0 atom stereocenters. The van der Waals surface area contributed by atoms with Crippen LogP contribution in [0.15, 0.2) is 40.8 Å². The van der Waals surface area contributed by atoms with Crippen molar-refractivity contribution in [3.05, 3.63) is 51.9 Å². The smallest absolute Gasteiger partial charge is 0.262 e. The molecule has 3 heterocycles. The molecule has 1 aliphatic rings. The van der Waals surface area contributed by atoms with Gasteiger partial charge in [0.05, 0.1) is 18.3 Å². The number of nitrogens with zero attached hydrogens (tertiary/aromatic N) is 2. The average Bonchev–Trinajstić information content (AvgIpc) is 3.17. The zero-order chi connectivity index (χ0) is 15.1. The fourth-order valence-corrected chi connectivity index (χ4v) is 3.05. The largest absolute Gasteiger partial charge is 0.454 e. The first kappa shape index (κ1) is 13.0. The van der Waals surface area contributed by atoms with Crippen LogP contribution in [0.2, 0.25) is 0 Å². The fourth-order valence-electron chi connectivity index (χ4n) is 2.32. The third-order valence-electron chi connectivity index (χ3n) is 3.46. The molecule has 0 spiro atoms. The zero-order valence-corrected chi connectivity index (χ0v) is 12.1. The molecule has 3 aromatic rings. The van der Waals surface area contributed by atoms with E-state index >= 15 is 0 Å². The first-order valence-electron chi connectivity index (χ1n) is 6.58. The van der Waals surface area contributed by atoms with E-state index < -0.39 is 0 Å². The maximum Gasteiger partial charge on any atom is 0.262 e. The molecule has 7 heteroatoms. The van der Waals surface area contributed by atoms with Gasteiger partial charge in [0.25, 0.3) is 5.56 Å². The van der Waals surface area contributed by atoms with Gasteiger partial charge in [0.15, 0.2) is 17.3 Å². The summed E-state index contributed by atoms with van der Waals surface area (Å²) in [6, 6.07) is 6.71. The summed E-state index contributed by atoms with van der Waals surface area (Å²) in [7, 11) is 0. The number of ether oxygens (including phenoxy) is 2. The number of hydrogen-bond donors (Lipinski definition) is 0. The van der Waals surface area contributed by atoms with Crippen LogP contribution in [0.5, 0.6) is 11.5 Å². The van der Waals surface area contributed by atoms with Crippen molar-refractivity contribution >= 4 is 27.3 Å². The second-order valence-corrected chi connectivity index (χ2v) is 5.70. The van der Waals surface area contributed by atoms with E-state index in [9.17, 15) is 9.59 Å². The molecule has 2 aromatic heterocycles. The summed E-state index contributed by atoms with van der Waals surface area (Å²) in [5.74, 6) is 0.983. The lowest BCUT2D eigenvalue weighted by molar-refractivity contribution is 0.0970. The zero-order valence-electron chi connectivity index (χ0n) is 11.3. The molecule has 0 saturated heterocycles. The van der Waals surface area contributed by atoms with Gasteiger partial charge in [-0.25, -0.2) is 4.98 Å². The monoisotopic (exact) mass is 314 g/mol. The van der Waals surface area contributed by atoms with E-state index in [0.717, 1.165) is 0 Å². The standard InChI is InChI=1S/C15H10N2O4S/c18-11(9-1-2-12-13(5-9)21-8-20-12)6-17-7-16-14-10(15(17)19)3-4-22-14/h1-5,7H,6,8H2. The van der Waals surface area contributed by atoms with Crippen LogP contribution in [-0.2, 0) is 6.54 Å². The Labute approximate surface area is 128 Å². The third-order valence-corrected chi connectivity index (χ3v) is 4.28. The van der Waals surface area contributed by atoms with Gasteiger partial charge < -0.3 is 9.47 Å². The molecule has 22 heavy (non-hydrogen) atoms. The quantitative estimate of drug-likeness (QED) is 0.692. The Morgan fingerprint density at radius 3 is 3.05 bits per heavy atom. The topological polar surface area (TPSA) is 70.4 Å². The van der Waals surface area contributed by atoms with Crippen LogP contribution < -0.4 is 15.0 Å². The molecule has 0 aliphatic carbocycles. The molecule has 0 N–H and O–H groups in total. The Hall–Kier alpha value is -2.67. The molecule has 0 radical (unpaired) electrons. The Balaban J connectivity index is 1.66. The normalized spacial score (nSPS) is 12.7. The number of Topliss-reactive ketones (excluding diaryl/α,β-unsaturated/α-hetero) is 1. The van der Waals surface area contributed by atoms with Crippen LogP contribution in [0.3, 0.4) is 0 Å². The Morgan fingerprint density at radius 1 is 1.27 bits per heavy atom. The highest BCUT2D eigenvalue weighted by atomic mass is 32.1. The van der Waals surface area contributed by atoms with Gasteiger partial charge in [-0.3, -0.25) is 14.2 Å². The lowest BCUT2D eigenvalue weighted by atomic mass is 10.1. The molecule has 0 bridgehead atoms. The average molecular weight is 314 g/mol. The molecule has 4 rings (SSSR count). The SMILES string of the molecule is O=C(Cn1cnc2sccc2c1=O)c1ccc2c(c1)OCO2. The minimum Gasteiger partial charge on any atom is -0.454 e. The van der Waals surface area contributed by atoms with E-state index in [0.29, 0.717) is 27.3 Å². The van der Waals surface area contributed by atoms with E-state index in [1.807, 2.05) is 5.38 Å². The number of rotatable bonds is 3. The molecular formula is C15H10N2O4S. The lowest BCUT2D eigenvalue weighted by Gasteiger charge is -2.05. The van der Waals surface area contributed by atoms with Crippen molar-refractivity contribution in [1.29, 1.82) is 0 Å². The number of benzene rings is 1. The predicted octanol–water partition coefficient (Wildman–Crippen LogP) is 2.07. The van der Waals surface area contributed by atoms with E-state index in [1.54, 1.807) is 24.3 Å². The molecule has 1 aromatic carbocycles. The van der Waals surface area contributed by atoms with Crippen molar-refractivity contribution in [3.63, 3.8) is 0 Å². The van der Waals surface area contributed by atoms with Gasteiger partial charge in [0.1, 0.15) is 4.83 Å². The van der Waals surface area contributed by atoms with E-state index in [-0.39, 0.29) is 24.7 Å². The Kier molecular flexibility index (Phi) is 2.93. The Bertz CT molecular complexity index is 944. The fraction of sp³-hybridized carbons (Fsp3) is 0.133. The van der Waals surface area contributed by atoms with E-state index in [1.165, 1.54) is 22.2 Å². The summed E-state index contributed by atoms with van der Waals surface area (Å²) < 4.78 is 11.8. The predicted molar refractivity (Wildman–Crippen MR) is 80.8 cm³/mol. The Morgan fingerprint density at radius 2 is 2.14 bits per heavy atom. The van der Waals surface area contributed by atoms with Crippen LogP contribution >= 0.6 is 11.3 Å². The highest BCUT2D eigenvalue weighted by molar-refractivity contribution is 7.16. The minimum atomic E-state index is -0.208. The van der Waals surface area contributed by atoms with Crippen molar-refractivity contribution in [3.8, 4) is 11.5 Å². The summed E-state index contributed by atoms with van der Waals surface area (Å²) >= 11 is 1.40. The van der Waals surface area contributed by atoms with Gasteiger partial charge in [-0.1, -0.05) is 0 Å². The minimum absolute atomic E-state index is 0.0583. The van der Waals surface area contributed by atoms with Crippen LogP contribution in [0, 0.1) is 0 Å². The van der Waals surface area contributed by atoms with Gasteiger partial charge in [-0.15, -0.1) is 11.3 Å². The van der Waals surface area contributed by atoms with Gasteiger partial charge in [-0.05, 0) is 29.6 Å². The number of ketones is 1. The molecule has 0 saturated carbocycles. The van der Waals surface area contributed by atoms with Gasteiger partial charge in [0.2, 0.25) is 6.79 Å². The van der Waals surface area contributed by atoms with Crippen LogP contribution in [0.4, 0.5) is 0 Å². The van der Waals surface area contributed by atoms with Crippen molar-refractivity contribution in [2.45, 2.75) is 6.54 Å². The maximum atomic E-state index is 12.4. The second kappa shape index (κ2) is 4.96. The second-order valence-electron chi connectivity index (χ2n) is 4.81. The number of aromatic nitrogens is 2. The number of carbonyl (C=O) groups excluding carboxylic acids is 1. The van der Waals surface area contributed by atoms with Crippen LogP contribution in [0.25, 0.3) is 10.2 Å². The van der Waals surface area contributed by atoms with E-state index in [2.05, 4.69) is 4.98 Å². The summed E-state index contributed by atoms with van der Waals surface area (Å²) in [5.41, 5.74) is 0.266. The number of fused-ring (bicyclic) bond motifs is 2.